The molecule has 0 saturated carbocycles. The molecule has 1 atom stereocenters. The fourth-order valence-electron chi connectivity index (χ4n) is 2.59. The van der Waals surface area contributed by atoms with Crippen LogP contribution in [-0.2, 0) is 15.8 Å². The summed E-state index contributed by atoms with van der Waals surface area (Å²) in [5, 5.41) is 2.78. The predicted octanol–water partition coefficient (Wildman–Crippen LogP) is 2.85. The molecule has 7 heteroatoms. The molecule has 1 aromatic carbocycles. The van der Waals surface area contributed by atoms with Crippen molar-refractivity contribution in [1.82, 2.24) is 10.2 Å². The Morgan fingerprint density at radius 1 is 1.38 bits per heavy atom. The van der Waals surface area contributed by atoms with Gasteiger partial charge in [0, 0.05) is 32.1 Å². The molecule has 1 unspecified atom stereocenters. The van der Waals surface area contributed by atoms with Crippen LogP contribution in [0.1, 0.15) is 30.9 Å². The van der Waals surface area contributed by atoms with Crippen molar-refractivity contribution >= 4 is 17.4 Å². The van der Waals surface area contributed by atoms with Crippen LogP contribution in [0.25, 0.3) is 5.57 Å². The van der Waals surface area contributed by atoms with Gasteiger partial charge in [0.1, 0.15) is 0 Å². The monoisotopic (exact) mass is 340 g/mol. The number of amides is 2. The molecule has 1 aliphatic heterocycles. The van der Waals surface area contributed by atoms with Crippen molar-refractivity contribution in [3.63, 3.8) is 0 Å². The van der Waals surface area contributed by atoms with E-state index in [9.17, 15) is 22.8 Å². The Labute approximate surface area is 138 Å². The SMILES string of the molecule is CC(=CC(=O)NC1CCC(=O)N(C)C1)c1cccc(C(F)(F)F)c1. The molecule has 1 aliphatic rings. The number of carbonyl (C=O) groups excluding carboxylic acids is 2. The number of nitrogens with zero attached hydrogens (tertiary/aromatic N) is 1. The normalized spacial score (nSPS) is 19.4. The summed E-state index contributed by atoms with van der Waals surface area (Å²) in [7, 11) is 1.67. The lowest BCUT2D eigenvalue weighted by molar-refractivity contribution is -0.137. The fraction of sp³-hybridized carbons (Fsp3) is 0.412. The molecule has 0 spiro atoms. The van der Waals surface area contributed by atoms with Crippen molar-refractivity contribution in [3.8, 4) is 0 Å². The molecule has 2 rings (SSSR count). The number of hydrogen-bond donors (Lipinski definition) is 1. The first-order valence-corrected chi connectivity index (χ1v) is 7.57. The van der Waals surface area contributed by atoms with Crippen LogP contribution in [0.15, 0.2) is 30.3 Å². The maximum atomic E-state index is 12.7. The summed E-state index contributed by atoms with van der Waals surface area (Å²) < 4.78 is 38.2. The largest absolute Gasteiger partial charge is 0.416 e. The predicted molar refractivity (Wildman–Crippen MR) is 83.9 cm³/mol. The highest BCUT2D eigenvalue weighted by Gasteiger charge is 2.30. The summed E-state index contributed by atoms with van der Waals surface area (Å²) in [6.45, 7) is 2.02. The first-order chi connectivity index (χ1) is 11.2. The van der Waals surface area contributed by atoms with Crippen molar-refractivity contribution in [2.75, 3.05) is 13.6 Å². The maximum absolute atomic E-state index is 12.7. The van der Waals surface area contributed by atoms with E-state index in [1.807, 2.05) is 0 Å². The summed E-state index contributed by atoms with van der Waals surface area (Å²) in [6.07, 6.45) is -2.20. The van der Waals surface area contributed by atoms with Gasteiger partial charge < -0.3 is 10.2 Å². The molecule has 0 bridgehead atoms. The molecule has 24 heavy (non-hydrogen) atoms. The molecule has 1 fully saturated rings. The highest BCUT2D eigenvalue weighted by Crippen LogP contribution is 2.30. The van der Waals surface area contributed by atoms with Gasteiger partial charge in [-0.1, -0.05) is 12.1 Å². The third-order valence-electron chi connectivity index (χ3n) is 3.97. The molecular formula is C17H19F3N2O2. The van der Waals surface area contributed by atoms with Gasteiger partial charge in [-0.15, -0.1) is 0 Å². The molecule has 1 N–H and O–H groups in total. The zero-order valence-electron chi connectivity index (χ0n) is 13.5. The van der Waals surface area contributed by atoms with E-state index in [1.165, 1.54) is 18.2 Å². The van der Waals surface area contributed by atoms with Crippen LogP contribution in [0.2, 0.25) is 0 Å². The van der Waals surface area contributed by atoms with Crippen LogP contribution in [-0.4, -0.2) is 36.3 Å². The number of alkyl halides is 3. The Kier molecular flexibility index (Phi) is 5.31. The minimum atomic E-state index is -4.42. The quantitative estimate of drug-likeness (QED) is 0.860. The first-order valence-electron chi connectivity index (χ1n) is 7.57. The number of hydrogen-bond acceptors (Lipinski definition) is 2. The Bertz CT molecular complexity index is 668. The van der Waals surface area contributed by atoms with E-state index in [2.05, 4.69) is 5.32 Å². The molecule has 130 valence electrons. The van der Waals surface area contributed by atoms with Gasteiger partial charge >= 0.3 is 6.18 Å². The van der Waals surface area contributed by atoms with Crippen LogP contribution >= 0.6 is 0 Å². The lowest BCUT2D eigenvalue weighted by atomic mass is 10.0. The van der Waals surface area contributed by atoms with Crippen LogP contribution in [0.5, 0.6) is 0 Å². The number of piperidine rings is 1. The number of likely N-dealkylation sites (N-methyl/N-ethyl adjacent to an activating group) is 1. The highest BCUT2D eigenvalue weighted by molar-refractivity contribution is 5.95. The van der Waals surface area contributed by atoms with Crippen LogP contribution in [0, 0.1) is 0 Å². The van der Waals surface area contributed by atoms with Gasteiger partial charge in [-0.25, -0.2) is 0 Å². The van der Waals surface area contributed by atoms with E-state index in [-0.39, 0.29) is 17.9 Å². The third-order valence-corrected chi connectivity index (χ3v) is 3.97. The number of nitrogens with one attached hydrogen (secondary N) is 1. The third kappa shape index (κ3) is 4.59. The number of allylic oxidation sites excluding steroid dienone is 1. The van der Waals surface area contributed by atoms with Crippen molar-refractivity contribution < 1.29 is 22.8 Å². The summed E-state index contributed by atoms with van der Waals surface area (Å²) >= 11 is 0. The molecule has 0 aromatic heterocycles. The van der Waals surface area contributed by atoms with Crippen LogP contribution in [0.3, 0.4) is 0 Å². The van der Waals surface area contributed by atoms with Gasteiger partial charge in [0.05, 0.1) is 5.56 Å². The molecule has 1 aromatic rings. The van der Waals surface area contributed by atoms with Crippen LogP contribution < -0.4 is 5.32 Å². The second kappa shape index (κ2) is 7.07. The van der Waals surface area contributed by atoms with Crippen molar-refractivity contribution in [1.29, 1.82) is 0 Å². The van der Waals surface area contributed by atoms with E-state index in [0.717, 1.165) is 12.1 Å². The molecule has 0 radical (unpaired) electrons. The average molecular weight is 340 g/mol. The van der Waals surface area contributed by atoms with Gasteiger partial charge in [0.25, 0.3) is 0 Å². The smallest absolute Gasteiger partial charge is 0.348 e. The Balaban J connectivity index is 2.05. The zero-order valence-corrected chi connectivity index (χ0v) is 13.5. The Hall–Kier alpha value is -2.31. The number of benzene rings is 1. The molecule has 1 heterocycles. The summed E-state index contributed by atoms with van der Waals surface area (Å²) in [4.78, 5) is 25.0. The van der Waals surface area contributed by atoms with Gasteiger partial charge in [-0.2, -0.15) is 13.2 Å². The first kappa shape index (κ1) is 18.0. The second-order valence-corrected chi connectivity index (χ2v) is 5.92. The van der Waals surface area contributed by atoms with Crippen molar-refractivity contribution in [2.24, 2.45) is 0 Å². The minimum absolute atomic E-state index is 0.0381. The van der Waals surface area contributed by atoms with Gasteiger partial charge in [-0.3, -0.25) is 9.59 Å². The lowest BCUT2D eigenvalue weighted by Gasteiger charge is -2.29. The van der Waals surface area contributed by atoms with E-state index in [1.54, 1.807) is 18.9 Å². The van der Waals surface area contributed by atoms with E-state index in [0.29, 0.717) is 30.5 Å². The molecular weight excluding hydrogens is 321 g/mol. The maximum Gasteiger partial charge on any atom is 0.416 e. The summed E-state index contributed by atoms with van der Waals surface area (Å²) in [5.74, 6) is -0.339. The number of carbonyl (C=O) groups is 2. The average Bonchev–Trinajstić information content (AvgIpc) is 2.50. The topological polar surface area (TPSA) is 49.4 Å². The lowest BCUT2D eigenvalue weighted by Crippen LogP contribution is -2.48. The van der Waals surface area contributed by atoms with Crippen molar-refractivity contribution in [2.45, 2.75) is 32.0 Å². The molecule has 2 amide bonds. The highest BCUT2D eigenvalue weighted by atomic mass is 19.4. The Morgan fingerprint density at radius 3 is 2.71 bits per heavy atom. The van der Waals surface area contributed by atoms with Gasteiger partial charge in [0.15, 0.2) is 0 Å². The molecule has 0 aliphatic carbocycles. The van der Waals surface area contributed by atoms with Gasteiger partial charge in [-0.05, 0) is 36.6 Å². The number of likely N-dealkylation sites (tertiary alicyclic amines) is 1. The minimum Gasteiger partial charge on any atom is -0.348 e. The molecule has 1 saturated heterocycles. The van der Waals surface area contributed by atoms with Crippen LogP contribution in [0.4, 0.5) is 13.2 Å². The number of halogens is 3. The van der Waals surface area contributed by atoms with Gasteiger partial charge in [0.2, 0.25) is 11.8 Å². The van der Waals surface area contributed by atoms with Crippen molar-refractivity contribution in [3.05, 3.63) is 41.5 Å². The number of rotatable bonds is 3. The summed E-state index contributed by atoms with van der Waals surface area (Å²) in [5.41, 5.74) is 0.0373. The molecule has 4 nitrogen and oxygen atoms in total. The van der Waals surface area contributed by atoms with E-state index < -0.39 is 11.7 Å². The van der Waals surface area contributed by atoms with E-state index in [4.69, 9.17) is 0 Å². The Morgan fingerprint density at radius 2 is 2.08 bits per heavy atom. The summed E-state index contributed by atoms with van der Waals surface area (Å²) in [6, 6.07) is 4.71. The fourth-order valence-corrected chi connectivity index (χ4v) is 2.59. The zero-order chi connectivity index (χ0) is 17.9. The second-order valence-electron chi connectivity index (χ2n) is 5.92. The van der Waals surface area contributed by atoms with E-state index >= 15 is 0 Å². The standard InChI is InChI=1S/C17H19F3N2O2/c1-11(12-4-3-5-13(9-12)17(18,19)20)8-15(23)21-14-6-7-16(24)22(2)10-14/h3-5,8-9,14H,6-7,10H2,1-2H3,(H,21,23).